The zero-order chi connectivity index (χ0) is 18.7. The molecule has 0 radical (unpaired) electrons. The quantitative estimate of drug-likeness (QED) is 0.407. The van der Waals surface area contributed by atoms with Gasteiger partial charge in [0.2, 0.25) is 5.91 Å². The molecule has 2 N–H and O–H groups in total. The van der Waals surface area contributed by atoms with E-state index in [1.165, 1.54) is 24.3 Å². The number of nitro groups is 1. The molecule has 0 atom stereocenters. The van der Waals surface area contributed by atoms with Crippen molar-refractivity contribution in [2.24, 2.45) is 5.73 Å². The Bertz CT molecular complexity index is 972. The number of halogens is 1. The van der Waals surface area contributed by atoms with Crippen LogP contribution in [0.3, 0.4) is 0 Å². The highest BCUT2D eigenvalue weighted by Gasteiger charge is 2.17. The Morgan fingerprint density at radius 1 is 1.27 bits per heavy atom. The number of thioether (sulfide) groups is 1. The molecule has 3 aromatic rings. The first-order valence-corrected chi connectivity index (χ1v) is 8.44. The van der Waals surface area contributed by atoms with Crippen LogP contribution in [0.5, 0.6) is 0 Å². The smallest absolute Gasteiger partial charge is 0.270 e. The van der Waals surface area contributed by atoms with Gasteiger partial charge in [0, 0.05) is 23.4 Å². The number of hydrogen-bond donors (Lipinski definition) is 1. The van der Waals surface area contributed by atoms with Gasteiger partial charge in [-0.3, -0.25) is 19.5 Å². The Balaban J connectivity index is 2.13. The van der Waals surface area contributed by atoms with E-state index in [-0.39, 0.29) is 11.4 Å². The van der Waals surface area contributed by atoms with Crippen LogP contribution in [0.25, 0.3) is 16.9 Å². The SMILES string of the molecule is NC(=O)CSc1ncc(-c2cccc([N+](=O)[O-])c2)n1-c1ccc(F)cc1. The van der Waals surface area contributed by atoms with E-state index >= 15 is 0 Å². The Labute approximate surface area is 151 Å². The number of aromatic nitrogens is 2. The maximum absolute atomic E-state index is 13.3. The molecule has 1 amide bonds. The molecule has 1 heterocycles. The van der Waals surface area contributed by atoms with E-state index < -0.39 is 16.6 Å². The summed E-state index contributed by atoms with van der Waals surface area (Å²) in [6.07, 6.45) is 1.55. The largest absolute Gasteiger partial charge is 0.369 e. The van der Waals surface area contributed by atoms with E-state index in [0.29, 0.717) is 22.1 Å². The highest BCUT2D eigenvalue weighted by Crippen LogP contribution is 2.31. The third-order valence-electron chi connectivity index (χ3n) is 3.51. The number of nitrogens with two attached hydrogens (primary N) is 1. The summed E-state index contributed by atoms with van der Waals surface area (Å²) in [6, 6.07) is 11.8. The molecule has 0 aliphatic rings. The number of amides is 1. The first-order chi connectivity index (χ1) is 12.5. The van der Waals surface area contributed by atoms with Crippen LogP contribution in [0.4, 0.5) is 10.1 Å². The van der Waals surface area contributed by atoms with Crippen molar-refractivity contribution in [2.75, 3.05) is 5.75 Å². The standard InChI is InChI=1S/C17H13FN4O3S/c18-12-4-6-13(7-5-12)21-15(9-20-17(21)26-10-16(19)23)11-2-1-3-14(8-11)22(24)25/h1-9H,10H2,(H2,19,23). The van der Waals surface area contributed by atoms with Crippen molar-refractivity contribution >= 4 is 23.4 Å². The van der Waals surface area contributed by atoms with Crippen molar-refractivity contribution in [3.63, 3.8) is 0 Å². The van der Waals surface area contributed by atoms with Crippen molar-refractivity contribution < 1.29 is 14.1 Å². The molecule has 0 spiro atoms. The lowest BCUT2D eigenvalue weighted by molar-refractivity contribution is -0.384. The number of carbonyl (C=O) groups is 1. The number of carbonyl (C=O) groups excluding carboxylic acids is 1. The van der Waals surface area contributed by atoms with Gasteiger partial charge in [-0.1, -0.05) is 23.9 Å². The van der Waals surface area contributed by atoms with Gasteiger partial charge in [0.15, 0.2) is 5.16 Å². The fourth-order valence-electron chi connectivity index (χ4n) is 2.39. The molecule has 7 nitrogen and oxygen atoms in total. The number of nitrogens with zero attached hydrogens (tertiary/aromatic N) is 3. The zero-order valence-electron chi connectivity index (χ0n) is 13.3. The van der Waals surface area contributed by atoms with Crippen LogP contribution in [0.1, 0.15) is 0 Å². The summed E-state index contributed by atoms with van der Waals surface area (Å²) in [7, 11) is 0. The number of hydrogen-bond acceptors (Lipinski definition) is 5. The van der Waals surface area contributed by atoms with E-state index in [1.807, 2.05) is 0 Å². The van der Waals surface area contributed by atoms with Crippen molar-refractivity contribution in [2.45, 2.75) is 5.16 Å². The highest BCUT2D eigenvalue weighted by molar-refractivity contribution is 7.99. The second-order valence-corrected chi connectivity index (χ2v) is 6.24. The predicted molar refractivity (Wildman–Crippen MR) is 95.5 cm³/mol. The summed E-state index contributed by atoms with van der Waals surface area (Å²) >= 11 is 1.13. The normalized spacial score (nSPS) is 10.7. The first kappa shape index (κ1) is 17.6. The van der Waals surface area contributed by atoms with Crippen LogP contribution >= 0.6 is 11.8 Å². The molecule has 26 heavy (non-hydrogen) atoms. The van der Waals surface area contributed by atoms with Crippen molar-refractivity contribution in [3.05, 3.63) is 70.7 Å². The third-order valence-corrected chi connectivity index (χ3v) is 4.49. The van der Waals surface area contributed by atoms with Crippen molar-refractivity contribution in [1.82, 2.24) is 9.55 Å². The number of primary amides is 1. The van der Waals surface area contributed by atoms with Gasteiger partial charge in [0.25, 0.3) is 5.69 Å². The van der Waals surface area contributed by atoms with Gasteiger partial charge in [-0.05, 0) is 24.3 Å². The van der Waals surface area contributed by atoms with Crippen LogP contribution in [0, 0.1) is 15.9 Å². The summed E-state index contributed by atoms with van der Waals surface area (Å²) < 4.78 is 15.0. The number of benzene rings is 2. The second kappa shape index (κ2) is 7.36. The fraction of sp³-hybridized carbons (Fsp3) is 0.0588. The summed E-state index contributed by atoms with van der Waals surface area (Å²) in [4.78, 5) is 26.0. The molecule has 9 heteroatoms. The predicted octanol–water partition coefficient (Wildman–Crippen LogP) is 3.16. The summed E-state index contributed by atoms with van der Waals surface area (Å²) in [5, 5.41) is 11.5. The zero-order valence-corrected chi connectivity index (χ0v) is 14.1. The van der Waals surface area contributed by atoms with E-state index in [1.54, 1.807) is 35.0 Å². The molecule has 0 aliphatic carbocycles. The van der Waals surface area contributed by atoms with Crippen LogP contribution < -0.4 is 5.73 Å². The topological polar surface area (TPSA) is 104 Å². The fourth-order valence-corrected chi connectivity index (χ4v) is 3.13. The van der Waals surface area contributed by atoms with Gasteiger partial charge in [-0.25, -0.2) is 9.37 Å². The highest BCUT2D eigenvalue weighted by atomic mass is 32.2. The average molecular weight is 372 g/mol. The maximum atomic E-state index is 13.3. The summed E-state index contributed by atoms with van der Waals surface area (Å²) in [6.45, 7) is 0. The molecule has 0 unspecified atom stereocenters. The first-order valence-electron chi connectivity index (χ1n) is 7.45. The van der Waals surface area contributed by atoms with Gasteiger partial charge < -0.3 is 5.73 Å². The minimum Gasteiger partial charge on any atom is -0.369 e. The molecule has 2 aromatic carbocycles. The lowest BCUT2D eigenvalue weighted by Gasteiger charge is -2.12. The number of rotatable bonds is 6. The average Bonchev–Trinajstić information content (AvgIpc) is 3.04. The van der Waals surface area contributed by atoms with Crippen LogP contribution in [0.15, 0.2) is 59.9 Å². The number of non-ortho nitro benzene ring substituents is 1. The molecular formula is C17H13FN4O3S. The van der Waals surface area contributed by atoms with E-state index in [9.17, 15) is 19.3 Å². The van der Waals surface area contributed by atoms with Crippen molar-refractivity contribution in [1.29, 1.82) is 0 Å². The lowest BCUT2D eigenvalue weighted by Crippen LogP contribution is -2.13. The third kappa shape index (κ3) is 3.72. The van der Waals surface area contributed by atoms with E-state index in [4.69, 9.17) is 5.73 Å². The lowest BCUT2D eigenvalue weighted by atomic mass is 10.1. The Morgan fingerprint density at radius 2 is 2.00 bits per heavy atom. The molecule has 0 aliphatic heterocycles. The molecule has 1 aromatic heterocycles. The Kier molecular flexibility index (Phi) is 4.99. The van der Waals surface area contributed by atoms with Gasteiger partial charge in [0.05, 0.1) is 22.6 Å². The van der Waals surface area contributed by atoms with E-state index in [0.717, 1.165) is 11.8 Å². The Hall–Kier alpha value is -3.20. The summed E-state index contributed by atoms with van der Waals surface area (Å²) in [5.41, 5.74) is 6.90. The molecule has 0 saturated carbocycles. The molecular weight excluding hydrogens is 359 g/mol. The molecule has 0 fully saturated rings. The summed E-state index contributed by atoms with van der Waals surface area (Å²) in [5.74, 6) is -0.871. The van der Waals surface area contributed by atoms with E-state index in [2.05, 4.69) is 4.98 Å². The van der Waals surface area contributed by atoms with Crippen LogP contribution in [0.2, 0.25) is 0 Å². The van der Waals surface area contributed by atoms with Crippen LogP contribution in [-0.4, -0.2) is 26.1 Å². The molecule has 0 bridgehead atoms. The van der Waals surface area contributed by atoms with Gasteiger partial charge >= 0.3 is 0 Å². The van der Waals surface area contributed by atoms with Crippen LogP contribution in [-0.2, 0) is 4.79 Å². The van der Waals surface area contributed by atoms with Gasteiger partial charge in [0.1, 0.15) is 5.82 Å². The van der Waals surface area contributed by atoms with Crippen molar-refractivity contribution in [3.8, 4) is 16.9 Å². The van der Waals surface area contributed by atoms with Gasteiger partial charge in [-0.2, -0.15) is 0 Å². The molecule has 0 saturated heterocycles. The number of nitro benzene ring substituents is 1. The minimum absolute atomic E-state index is 0.0204. The monoisotopic (exact) mass is 372 g/mol. The molecule has 132 valence electrons. The molecule has 3 rings (SSSR count). The second-order valence-electron chi connectivity index (χ2n) is 5.30. The van der Waals surface area contributed by atoms with Gasteiger partial charge in [-0.15, -0.1) is 0 Å². The Morgan fingerprint density at radius 3 is 2.65 bits per heavy atom. The minimum atomic E-state index is -0.499. The maximum Gasteiger partial charge on any atom is 0.270 e. The number of imidazole rings is 1.